The van der Waals surface area contributed by atoms with Gasteiger partial charge in [-0.05, 0) is 24.6 Å². The number of amides is 1. The maximum atomic E-state index is 12.2. The van der Waals surface area contributed by atoms with Crippen molar-refractivity contribution in [3.63, 3.8) is 0 Å². The molecule has 1 saturated heterocycles. The molecule has 1 aliphatic heterocycles. The first kappa shape index (κ1) is 11.7. The van der Waals surface area contributed by atoms with Gasteiger partial charge in [0.25, 0.3) is 5.91 Å². The maximum Gasteiger partial charge on any atom is 0.279 e. The number of benzene rings is 1. The Kier molecular flexibility index (Phi) is 3.19. The minimum atomic E-state index is -0.126. The lowest BCUT2D eigenvalue weighted by atomic mass is 10.1. The van der Waals surface area contributed by atoms with Crippen LogP contribution in [0.25, 0.3) is 0 Å². The number of nitrogens with zero attached hydrogens (tertiary/aromatic N) is 2. The van der Waals surface area contributed by atoms with Gasteiger partial charge in [-0.15, -0.1) is 0 Å². The van der Waals surface area contributed by atoms with Gasteiger partial charge in [-0.1, -0.05) is 0 Å². The molecule has 1 aliphatic rings. The van der Waals surface area contributed by atoms with Gasteiger partial charge in [0.15, 0.2) is 0 Å². The van der Waals surface area contributed by atoms with Crippen molar-refractivity contribution in [2.75, 3.05) is 37.9 Å². The highest BCUT2D eigenvalue weighted by Crippen LogP contribution is 2.24. The van der Waals surface area contributed by atoms with Crippen molar-refractivity contribution in [2.45, 2.75) is 6.42 Å². The fourth-order valence-corrected chi connectivity index (χ4v) is 1.86. The molecule has 5 nitrogen and oxygen atoms in total. The molecule has 17 heavy (non-hydrogen) atoms. The fraction of sp³-hybridized carbons (Fsp3) is 0.417. The second kappa shape index (κ2) is 4.63. The summed E-state index contributed by atoms with van der Waals surface area (Å²) in [6, 6.07) is 5.33. The van der Waals surface area contributed by atoms with Gasteiger partial charge in [0.05, 0.1) is 18.7 Å². The number of hydrogen-bond acceptors (Lipinski definition) is 4. The van der Waals surface area contributed by atoms with E-state index in [4.69, 9.17) is 10.6 Å². The first-order valence-corrected chi connectivity index (χ1v) is 5.61. The van der Waals surface area contributed by atoms with Crippen LogP contribution in [-0.4, -0.2) is 38.2 Å². The molecule has 0 aromatic heterocycles. The molecular weight excluding hydrogens is 218 g/mol. The summed E-state index contributed by atoms with van der Waals surface area (Å²) >= 11 is 0. The lowest BCUT2D eigenvalue weighted by Crippen LogP contribution is -2.28. The molecule has 0 aliphatic carbocycles. The predicted molar refractivity (Wildman–Crippen MR) is 66.8 cm³/mol. The summed E-state index contributed by atoms with van der Waals surface area (Å²) in [5.74, 6) is -0.126. The number of anilines is 2. The average Bonchev–Trinajstić information content (AvgIpc) is 2.80. The molecule has 0 saturated carbocycles. The molecule has 1 heterocycles. The highest BCUT2D eigenvalue weighted by atomic mass is 16.7. The van der Waals surface area contributed by atoms with E-state index in [1.165, 1.54) is 5.06 Å². The summed E-state index contributed by atoms with van der Waals surface area (Å²) in [4.78, 5) is 19.4. The van der Waals surface area contributed by atoms with Crippen LogP contribution in [0.15, 0.2) is 18.2 Å². The predicted octanol–water partition coefficient (Wildman–Crippen LogP) is 1.11. The smallest absolute Gasteiger partial charge is 0.279 e. The molecule has 0 bridgehead atoms. The number of hydroxylamine groups is 2. The van der Waals surface area contributed by atoms with Crippen molar-refractivity contribution in [3.05, 3.63) is 23.8 Å². The van der Waals surface area contributed by atoms with E-state index < -0.39 is 0 Å². The summed E-state index contributed by atoms with van der Waals surface area (Å²) in [6.07, 6.45) is 0.880. The Hall–Kier alpha value is -1.75. The summed E-state index contributed by atoms with van der Waals surface area (Å²) in [5, 5.41) is 1.40. The van der Waals surface area contributed by atoms with Crippen LogP contribution < -0.4 is 10.6 Å². The maximum absolute atomic E-state index is 12.2. The molecule has 1 amide bonds. The van der Waals surface area contributed by atoms with Crippen LogP contribution >= 0.6 is 0 Å². The summed E-state index contributed by atoms with van der Waals surface area (Å²) in [6.45, 7) is 1.24. The molecule has 92 valence electrons. The first-order chi connectivity index (χ1) is 8.09. The topological polar surface area (TPSA) is 58.8 Å². The Balaban J connectivity index is 2.35. The van der Waals surface area contributed by atoms with Crippen molar-refractivity contribution in [1.82, 2.24) is 5.06 Å². The lowest BCUT2D eigenvalue weighted by molar-refractivity contribution is -0.0767. The number of carbonyl (C=O) groups is 1. The lowest BCUT2D eigenvalue weighted by Gasteiger charge is -2.20. The number of nitrogen functional groups attached to an aromatic ring is 1. The molecule has 2 N–H and O–H groups in total. The SMILES string of the molecule is CN(C)c1ccc(N)cc1C(=O)N1CCCO1. The van der Waals surface area contributed by atoms with E-state index in [0.29, 0.717) is 24.4 Å². The van der Waals surface area contributed by atoms with E-state index in [2.05, 4.69) is 0 Å². The molecule has 1 aromatic rings. The van der Waals surface area contributed by atoms with E-state index >= 15 is 0 Å². The van der Waals surface area contributed by atoms with Crippen LogP contribution in [0.4, 0.5) is 11.4 Å². The van der Waals surface area contributed by atoms with Gasteiger partial charge in [-0.25, -0.2) is 5.06 Å². The standard InChI is InChI=1S/C12H17N3O2/c1-14(2)11-5-4-9(13)8-10(11)12(16)15-6-3-7-17-15/h4-5,8H,3,6-7,13H2,1-2H3. The number of hydrogen-bond donors (Lipinski definition) is 1. The van der Waals surface area contributed by atoms with Gasteiger partial charge in [-0.3, -0.25) is 9.63 Å². The fourth-order valence-electron chi connectivity index (χ4n) is 1.86. The zero-order chi connectivity index (χ0) is 12.4. The molecule has 5 heteroatoms. The van der Waals surface area contributed by atoms with Crippen molar-refractivity contribution < 1.29 is 9.63 Å². The Bertz CT molecular complexity index is 426. The minimum absolute atomic E-state index is 0.126. The Morgan fingerprint density at radius 2 is 2.24 bits per heavy atom. The van der Waals surface area contributed by atoms with Crippen molar-refractivity contribution in [2.24, 2.45) is 0 Å². The molecule has 1 fully saturated rings. The third-order valence-corrected chi connectivity index (χ3v) is 2.71. The van der Waals surface area contributed by atoms with Gasteiger partial charge in [0, 0.05) is 25.5 Å². The van der Waals surface area contributed by atoms with Crippen molar-refractivity contribution >= 4 is 17.3 Å². The van der Waals surface area contributed by atoms with Crippen molar-refractivity contribution in [3.8, 4) is 0 Å². The van der Waals surface area contributed by atoms with Crippen LogP contribution in [0.3, 0.4) is 0 Å². The van der Waals surface area contributed by atoms with Crippen LogP contribution in [0.2, 0.25) is 0 Å². The van der Waals surface area contributed by atoms with E-state index in [1.807, 2.05) is 25.1 Å². The highest BCUT2D eigenvalue weighted by Gasteiger charge is 2.23. The summed E-state index contributed by atoms with van der Waals surface area (Å²) < 4.78 is 0. The Morgan fingerprint density at radius 1 is 1.47 bits per heavy atom. The van der Waals surface area contributed by atoms with Gasteiger partial charge >= 0.3 is 0 Å². The average molecular weight is 235 g/mol. The van der Waals surface area contributed by atoms with Gasteiger partial charge in [-0.2, -0.15) is 0 Å². The molecule has 0 radical (unpaired) electrons. The highest BCUT2D eigenvalue weighted by molar-refractivity contribution is 6.00. The van der Waals surface area contributed by atoms with E-state index in [1.54, 1.807) is 12.1 Å². The summed E-state index contributed by atoms with van der Waals surface area (Å²) in [7, 11) is 3.79. The van der Waals surface area contributed by atoms with Crippen LogP contribution in [-0.2, 0) is 4.84 Å². The first-order valence-electron chi connectivity index (χ1n) is 5.61. The second-order valence-corrected chi connectivity index (χ2v) is 4.27. The summed E-state index contributed by atoms with van der Waals surface area (Å²) in [5.41, 5.74) is 7.74. The molecule has 1 aromatic carbocycles. The van der Waals surface area contributed by atoms with Crippen molar-refractivity contribution in [1.29, 1.82) is 0 Å². The third kappa shape index (κ3) is 2.34. The third-order valence-electron chi connectivity index (χ3n) is 2.71. The van der Waals surface area contributed by atoms with Crippen LogP contribution in [0, 0.1) is 0 Å². The molecule has 0 atom stereocenters. The van der Waals surface area contributed by atoms with Gasteiger partial charge in [0.2, 0.25) is 0 Å². The van der Waals surface area contributed by atoms with E-state index in [0.717, 1.165) is 12.1 Å². The van der Waals surface area contributed by atoms with Gasteiger partial charge in [0.1, 0.15) is 0 Å². The van der Waals surface area contributed by atoms with E-state index in [9.17, 15) is 4.79 Å². The zero-order valence-corrected chi connectivity index (χ0v) is 10.1. The van der Waals surface area contributed by atoms with Crippen LogP contribution in [0.5, 0.6) is 0 Å². The molecule has 2 rings (SSSR count). The molecule has 0 spiro atoms. The molecule has 0 unspecified atom stereocenters. The monoisotopic (exact) mass is 235 g/mol. The molecular formula is C12H17N3O2. The number of carbonyl (C=O) groups excluding carboxylic acids is 1. The number of rotatable bonds is 2. The Morgan fingerprint density at radius 3 is 2.82 bits per heavy atom. The quantitative estimate of drug-likeness (QED) is 0.780. The van der Waals surface area contributed by atoms with Gasteiger partial charge < -0.3 is 10.6 Å². The largest absolute Gasteiger partial charge is 0.399 e. The second-order valence-electron chi connectivity index (χ2n) is 4.27. The zero-order valence-electron chi connectivity index (χ0n) is 10.1. The van der Waals surface area contributed by atoms with Crippen LogP contribution in [0.1, 0.15) is 16.8 Å². The van der Waals surface area contributed by atoms with E-state index in [-0.39, 0.29) is 5.91 Å². The number of nitrogens with two attached hydrogens (primary N) is 1. The normalized spacial score (nSPS) is 15.1. The Labute approximate surface area is 101 Å². The minimum Gasteiger partial charge on any atom is -0.399 e.